The summed E-state index contributed by atoms with van der Waals surface area (Å²) in [6.45, 7) is 9.33. The highest BCUT2D eigenvalue weighted by Crippen LogP contribution is 2.58. The lowest BCUT2D eigenvalue weighted by atomic mass is 9.69. The van der Waals surface area contributed by atoms with Crippen molar-refractivity contribution in [2.45, 2.75) is 69.6 Å². The summed E-state index contributed by atoms with van der Waals surface area (Å²) in [5, 5.41) is 8.49. The minimum Gasteiger partial charge on any atom is -0.561 e. The van der Waals surface area contributed by atoms with E-state index >= 15 is 0 Å². The van der Waals surface area contributed by atoms with Crippen LogP contribution in [0.4, 0.5) is 0 Å². The Morgan fingerprint density at radius 1 is 1.00 bits per heavy atom. The van der Waals surface area contributed by atoms with Crippen LogP contribution in [0.3, 0.4) is 0 Å². The lowest BCUT2D eigenvalue weighted by Crippen LogP contribution is -2.32. The first kappa shape index (κ1) is 16.8. The third-order valence-electron chi connectivity index (χ3n) is 6.12. The summed E-state index contributed by atoms with van der Waals surface area (Å²) < 4.78 is 0. The van der Waals surface area contributed by atoms with Crippen LogP contribution < -0.4 is 0 Å². The van der Waals surface area contributed by atoms with Crippen LogP contribution in [0, 0.1) is 0 Å². The first-order valence-electron chi connectivity index (χ1n) is 9.05. The second-order valence-electron chi connectivity index (χ2n) is 8.95. The molecule has 4 heteroatoms. The van der Waals surface area contributed by atoms with Gasteiger partial charge in [0.2, 0.25) is 0 Å². The van der Waals surface area contributed by atoms with Crippen LogP contribution in [-0.4, -0.2) is 16.1 Å². The summed E-state index contributed by atoms with van der Waals surface area (Å²) in [5.74, 6) is -0.621. The van der Waals surface area contributed by atoms with E-state index in [9.17, 15) is 4.79 Å². The molecule has 0 aliphatic heterocycles. The summed E-state index contributed by atoms with van der Waals surface area (Å²) in [4.78, 5) is 17.9. The van der Waals surface area contributed by atoms with E-state index in [0.29, 0.717) is 5.56 Å². The number of hydrogen-bond donors (Lipinski definition) is 0. The van der Waals surface area contributed by atoms with E-state index in [1.165, 1.54) is 34.0 Å². The van der Waals surface area contributed by atoms with Gasteiger partial charge in [-0.2, -0.15) is 0 Å². The molecule has 0 unspecified atom stereocenters. The van der Waals surface area contributed by atoms with Gasteiger partial charge in [-0.25, -0.2) is 4.98 Å². The maximum atomic E-state index is 11.2. The molecule has 4 rings (SSSR count). The smallest absolute Gasteiger partial charge is 0.549 e. The van der Waals surface area contributed by atoms with Crippen molar-refractivity contribution in [3.05, 3.63) is 51.0 Å². The molecule has 0 atom stereocenters. The van der Waals surface area contributed by atoms with Crippen molar-refractivity contribution in [3.8, 4) is 0 Å². The van der Waals surface area contributed by atoms with Crippen molar-refractivity contribution < 1.29 is 9.90 Å². The molecule has 1 heterocycles. The zero-order chi connectivity index (χ0) is 18.0. The monoisotopic (exact) mass is 356 g/mol. The van der Waals surface area contributed by atoms with Gasteiger partial charge in [0.25, 0.3) is 0 Å². The van der Waals surface area contributed by atoms with Gasteiger partial charge in [0.05, 0.1) is 5.69 Å². The minimum atomic E-state index is -0.621. The average molecular weight is 357 g/mol. The van der Waals surface area contributed by atoms with Crippen LogP contribution in [-0.2, 0) is 16.2 Å². The third-order valence-corrected chi connectivity index (χ3v) is 7.74. The van der Waals surface area contributed by atoms with Crippen molar-refractivity contribution in [1.82, 2.24) is 4.98 Å². The molecule has 2 aromatic rings. The second kappa shape index (κ2) is 5.16. The van der Waals surface area contributed by atoms with E-state index in [4.69, 9.17) is 10.1 Å². The number of thiazole rings is 1. The third kappa shape index (κ3) is 2.53. The lowest BCUT2D eigenvalue weighted by molar-refractivity contribution is 0.0697. The molecule has 2 N–H and O–H groups in total. The molecule has 0 saturated heterocycles. The Balaban J connectivity index is 1.78. The van der Waals surface area contributed by atoms with Gasteiger partial charge in [-0.15, -0.1) is 11.3 Å². The van der Waals surface area contributed by atoms with Gasteiger partial charge >= 0.3 is 5.97 Å². The molecule has 132 valence electrons. The predicted octanol–water partition coefficient (Wildman–Crippen LogP) is 4.44. The highest BCUT2D eigenvalue weighted by atomic mass is 32.1. The molecule has 2 aliphatic rings. The van der Waals surface area contributed by atoms with Gasteiger partial charge < -0.3 is 5.11 Å². The van der Waals surface area contributed by atoms with E-state index in [0.717, 1.165) is 12.8 Å². The molecule has 1 fully saturated rings. The minimum absolute atomic E-state index is 0.0256. The number of fused-ring (bicyclic) bond motifs is 1. The van der Waals surface area contributed by atoms with Gasteiger partial charge in [0.1, 0.15) is 10.6 Å². The fourth-order valence-electron chi connectivity index (χ4n) is 3.99. The summed E-state index contributed by atoms with van der Waals surface area (Å²) in [5.41, 5.74) is 3.38. The maximum absolute atomic E-state index is 11.2. The van der Waals surface area contributed by atoms with Crippen LogP contribution >= 0.6 is 11.3 Å². The first-order chi connectivity index (χ1) is 11.7. The molecule has 1 saturated carbocycles. The molecular formula is C21H26NO2S+. The lowest BCUT2D eigenvalue weighted by Gasteiger charge is -2.37. The molecule has 0 radical (unpaired) electrons. The van der Waals surface area contributed by atoms with Crippen molar-refractivity contribution in [2.75, 3.05) is 0 Å². The fourth-order valence-corrected chi connectivity index (χ4v) is 5.64. The van der Waals surface area contributed by atoms with Gasteiger partial charge in [0, 0.05) is 25.9 Å². The van der Waals surface area contributed by atoms with Gasteiger partial charge in [0.15, 0.2) is 0 Å². The van der Waals surface area contributed by atoms with Crippen LogP contribution in [0.1, 0.15) is 84.9 Å². The van der Waals surface area contributed by atoms with E-state index in [1.54, 1.807) is 12.1 Å². The van der Waals surface area contributed by atoms with Crippen LogP contribution in [0.25, 0.3) is 0 Å². The number of rotatable bonds is 3. The number of carbonyl (C=O) groups excluding carboxylic acids is 1. The normalized spacial score (nSPS) is 22.2. The molecular weight excluding hydrogens is 330 g/mol. The Kier molecular flexibility index (Phi) is 3.46. The van der Waals surface area contributed by atoms with Crippen LogP contribution in [0.5, 0.6) is 0 Å². The molecule has 1 aromatic heterocycles. The van der Waals surface area contributed by atoms with Crippen molar-refractivity contribution >= 4 is 17.3 Å². The zero-order valence-corrected chi connectivity index (χ0v) is 16.2. The van der Waals surface area contributed by atoms with E-state index in [-0.39, 0.29) is 16.2 Å². The Morgan fingerprint density at radius 3 is 2.12 bits per heavy atom. The largest absolute Gasteiger partial charge is 0.561 e. The first-order valence-corrected chi connectivity index (χ1v) is 9.86. The van der Waals surface area contributed by atoms with Gasteiger partial charge in [-0.1, -0.05) is 39.8 Å². The Hall–Kier alpha value is -1.68. The molecule has 0 bridgehead atoms. The summed E-state index contributed by atoms with van der Waals surface area (Å²) in [7, 11) is 0. The summed E-state index contributed by atoms with van der Waals surface area (Å²) in [6, 6.07) is 7.61. The molecule has 1 aromatic carbocycles. The Morgan fingerprint density at radius 2 is 1.60 bits per heavy atom. The van der Waals surface area contributed by atoms with Crippen molar-refractivity contribution in [2.24, 2.45) is 0 Å². The number of aromatic nitrogens is 1. The maximum Gasteiger partial charge on any atom is 0.549 e. The van der Waals surface area contributed by atoms with Gasteiger partial charge in [-0.3, -0.25) is 0 Å². The standard InChI is InChI=1S/C21H25NO2S/c1-19(2)9-10-20(3,4)16-15(19)22-18(25-16)21(11-12-21)14-7-5-13(6-8-14)17(23)24/h5-8H,9-12H2,1-4H3,(H,23,24)/p+1. The van der Waals surface area contributed by atoms with E-state index in [2.05, 4.69) is 27.7 Å². The quantitative estimate of drug-likeness (QED) is 0.764. The molecule has 0 amide bonds. The Bertz CT molecular complexity index is 808. The van der Waals surface area contributed by atoms with Crippen LogP contribution in [0.2, 0.25) is 0 Å². The number of hydrogen-bond acceptors (Lipinski definition) is 3. The summed E-state index contributed by atoms with van der Waals surface area (Å²) in [6.07, 6.45) is 4.63. The molecule has 2 aliphatic carbocycles. The number of benzene rings is 1. The fraction of sp³-hybridized carbons (Fsp3) is 0.524. The highest BCUT2D eigenvalue weighted by Gasteiger charge is 2.51. The van der Waals surface area contributed by atoms with E-state index in [1.807, 2.05) is 23.5 Å². The number of carbonyl (C=O) groups is 1. The molecule has 0 spiro atoms. The molecule has 3 nitrogen and oxygen atoms in total. The van der Waals surface area contributed by atoms with Gasteiger partial charge in [-0.05, 0) is 43.4 Å². The SMILES string of the molecule is CC1(C)CCC(C)(C)c2sc(C3(c4ccc(C(=O)[OH2+])cc4)CC3)nc21. The predicted molar refractivity (Wildman–Crippen MR) is 102 cm³/mol. The summed E-state index contributed by atoms with van der Waals surface area (Å²) >= 11 is 1.90. The zero-order valence-electron chi connectivity index (χ0n) is 15.4. The second-order valence-corrected chi connectivity index (χ2v) is 9.95. The Labute approximate surface area is 153 Å². The topological polar surface area (TPSA) is 52.9 Å². The molecule has 25 heavy (non-hydrogen) atoms. The van der Waals surface area contributed by atoms with Crippen molar-refractivity contribution in [3.63, 3.8) is 0 Å². The highest BCUT2D eigenvalue weighted by molar-refractivity contribution is 7.12. The average Bonchev–Trinajstić information content (AvgIpc) is 3.22. The van der Waals surface area contributed by atoms with Crippen molar-refractivity contribution in [1.29, 1.82) is 0 Å². The number of nitrogens with zero attached hydrogens (tertiary/aromatic N) is 1. The van der Waals surface area contributed by atoms with Crippen LogP contribution in [0.15, 0.2) is 24.3 Å². The van der Waals surface area contributed by atoms with E-state index < -0.39 is 5.97 Å².